The highest BCUT2D eigenvalue weighted by Crippen LogP contribution is 2.38. The summed E-state index contributed by atoms with van der Waals surface area (Å²) in [5, 5.41) is 17.8. The van der Waals surface area contributed by atoms with E-state index in [-0.39, 0.29) is 18.1 Å². The second-order valence-electron chi connectivity index (χ2n) is 11.1. The quantitative estimate of drug-likeness (QED) is 0.207. The third kappa shape index (κ3) is 12.2. The van der Waals surface area contributed by atoms with Crippen LogP contribution in [-0.4, -0.2) is 79.7 Å². The summed E-state index contributed by atoms with van der Waals surface area (Å²) in [4.78, 5) is 17.0. The van der Waals surface area contributed by atoms with E-state index >= 15 is 0 Å². The van der Waals surface area contributed by atoms with Crippen LogP contribution in [0.5, 0.6) is 5.75 Å². The van der Waals surface area contributed by atoms with Gasteiger partial charge in [-0.2, -0.15) is 4.98 Å². The minimum atomic E-state index is -3.19. The van der Waals surface area contributed by atoms with Crippen molar-refractivity contribution in [1.29, 1.82) is 0 Å². The van der Waals surface area contributed by atoms with Crippen molar-refractivity contribution < 1.29 is 23.1 Å². The molecule has 1 saturated heterocycles. The number of halogens is 1. The first kappa shape index (κ1) is 39.1. The van der Waals surface area contributed by atoms with Gasteiger partial charge in [-0.25, -0.2) is 17.7 Å². The van der Waals surface area contributed by atoms with E-state index in [9.17, 15) is 8.42 Å². The van der Waals surface area contributed by atoms with Gasteiger partial charge < -0.3 is 36.3 Å². The molecule has 1 aromatic heterocycles. The maximum Gasteiger partial charge on any atom is 0.229 e. The van der Waals surface area contributed by atoms with Crippen molar-refractivity contribution in [3.63, 3.8) is 0 Å². The zero-order valence-electron chi connectivity index (χ0n) is 27.1. The fraction of sp³-hybridized carbons (Fsp3) is 0.567. The van der Waals surface area contributed by atoms with Crippen LogP contribution in [0.2, 0.25) is 5.02 Å². The van der Waals surface area contributed by atoms with Crippen LogP contribution < -0.4 is 26.4 Å². The number of aryl methyl sites for hydroxylation is 1. The Kier molecular flexibility index (Phi) is 16.6. The van der Waals surface area contributed by atoms with Crippen molar-refractivity contribution >= 4 is 45.9 Å². The van der Waals surface area contributed by atoms with Crippen LogP contribution in [-0.2, 0) is 14.8 Å². The van der Waals surface area contributed by atoms with E-state index < -0.39 is 10.0 Å². The van der Waals surface area contributed by atoms with Gasteiger partial charge in [0, 0.05) is 50.6 Å². The minimum Gasteiger partial charge on any atom is -0.489 e. The summed E-state index contributed by atoms with van der Waals surface area (Å²) in [5.41, 5.74) is 9.96. The Morgan fingerprint density at radius 2 is 1.89 bits per heavy atom. The molecule has 1 aromatic carbocycles. The summed E-state index contributed by atoms with van der Waals surface area (Å²) < 4.78 is 31.3. The zero-order valence-corrected chi connectivity index (χ0v) is 28.7. The number of nitrogens with zero attached hydrogens (tertiary/aromatic N) is 3. The third-order valence-corrected chi connectivity index (χ3v) is 7.90. The maximum atomic E-state index is 11.8. The predicted molar refractivity (Wildman–Crippen MR) is 179 cm³/mol. The topological polar surface area (TPSA) is 172 Å². The Hall–Kier alpha value is -2.97. The first-order valence-corrected chi connectivity index (χ1v) is 16.8. The van der Waals surface area contributed by atoms with Crippen molar-refractivity contribution in [1.82, 2.24) is 19.6 Å². The Morgan fingerprint density at radius 1 is 1.27 bits per heavy atom. The summed E-state index contributed by atoms with van der Waals surface area (Å²) in [6, 6.07) is 3.73. The number of rotatable bonds is 13. The van der Waals surface area contributed by atoms with Crippen molar-refractivity contribution in [2.24, 2.45) is 11.7 Å². The van der Waals surface area contributed by atoms with Crippen LogP contribution in [0.15, 0.2) is 30.2 Å². The van der Waals surface area contributed by atoms with Gasteiger partial charge in [0.15, 0.2) is 5.82 Å². The predicted octanol–water partition coefficient (Wildman–Crippen LogP) is 4.38. The number of anilines is 3. The number of aromatic nitrogens is 2. The van der Waals surface area contributed by atoms with Gasteiger partial charge in [-0.3, -0.25) is 0 Å². The van der Waals surface area contributed by atoms with E-state index in [1.165, 1.54) is 16.8 Å². The zero-order chi connectivity index (χ0) is 33.6. The number of sulfonamides is 1. The Balaban J connectivity index is 0.00000149. The second kappa shape index (κ2) is 18.7. The smallest absolute Gasteiger partial charge is 0.229 e. The first-order valence-electron chi connectivity index (χ1n) is 14.6. The molecule has 0 spiro atoms. The van der Waals surface area contributed by atoms with E-state index in [1.54, 1.807) is 6.20 Å². The third-order valence-electron chi connectivity index (χ3n) is 6.39. The molecule has 0 amide bonds. The number of ether oxygens (including phenoxy) is 1. The number of aliphatic hydroxyl groups excluding tert-OH is 1. The van der Waals surface area contributed by atoms with E-state index in [0.29, 0.717) is 53.8 Å². The van der Waals surface area contributed by atoms with E-state index in [1.807, 2.05) is 53.7 Å². The molecule has 0 bridgehead atoms. The van der Waals surface area contributed by atoms with Gasteiger partial charge in [-0.05, 0) is 62.8 Å². The van der Waals surface area contributed by atoms with E-state index in [2.05, 4.69) is 39.8 Å². The van der Waals surface area contributed by atoms with Gasteiger partial charge in [0.2, 0.25) is 16.0 Å². The fourth-order valence-corrected chi connectivity index (χ4v) is 5.34. The molecule has 0 saturated carbocycles. The highest BCUT2D eigenvalue weighted by atomic mass is 35.5. The van der Waals surface area contributed by atoms with Crippen molar-refractivity contribution in [2.45, 2.75) is 72.4 Å². The number of hydrogen-bond donors (Lipinski definition) is 5. The molecule has 1 unspecified atom stereocenters. The lowest BCUT2D eigenvalue weighted by Crippen LogP contribution is -2.48. The average molecular weight is 656 g/mol. The lowest BCUT2D eigenvalue weighted by molar-refractivity contribution is -0.0980. The molecule has 1 aliphatic heterocycles. The minimum absolute atomic E-state index is 0.0694. The van der Waals surface area contributed by atoms with Gasteiger partial charge in [-0.15, -0.1) is 0 Å². The Bertz CT molecular complexity index is 1320. The number of carbonyl (C=O) groups excluding carboxylic acids is 1. The number of aliphatic hydroxyl groups is 1. The first-order chi connectivity index (χ1) is 20.7. The van der Waals surface area contributed by atoms with Gasteiger partial charge >= 0.3 is 0 Å². The molecule has 0 radical (unpaired) electrons. The molecule has 2 heterocycles. The van der Waals surface area contributed by atoms with E-state index in [4.69, 9.17) is 32.0 Å². The molecule has 1 atom stereocenters. The molecular weight excluding hydrogens is 606 g/mol. The molecule has 1 fully saturated rings. The van der Waals surface area contributed by atoms with Crippen LogP contribution in [0.25, 0.3) is 0 Å². The molecule has 3 rings (SSSR count). The Morgan fingerprint density at radius 3 is 2.39 bits per heavy atom. The monoisotopic (exact) mass is 655 g/mol. The Labute approximate surface area is 267 Å². The molecule has 248 valence electrons. The number of carbonyl (C=O) groups is 1. The SMILES string of the molecule is C=O.CCCO.CN/C=C(/Nc1nc(Nc2cc(C)c(C3CN(S(C)(=O)=O)C3)cc2OC(C)C)ncc1Cl)C(N)CC(C)C. The van der Waals surface area contributed by atoms with Crippen LogP contribution in [0.3, 0.4) is 0 Å². The lowest BCUT2D eigenvalue weighted by Gasteiger charge is -2.38. The standard InChI is InChI=1S/C26H40ClN7O3S.C3H8O.CH2O/c1-15(2)8-21(28)23(12-29-6)31-25-20(27)11-30-26(33-25)32-22-9-17(5)19(10-24(22)37-16(3)4)18-13-34(14-18)38(7,35)36;1-2-3-4;1-2/h9-12,15-16,18,21,29H,8,13-14,28H2,1-7H3,(H2,30,31,32,33);4H,2-3H2,1H3;1H2/b23-12+;;. The van der Waals surface area contributed by atoms with Crippen LogP contribution in [0.1, 0.15) is 64.5 Å². The van der Waals surface area contributed by atoms with Gasteiger partial charge in [0.05, 0.1) is 24.2 Å². The van der Waals surface area contributed by atoms with Gasteiger partial charge in [0.1, 0.15) is 17.6 Å². The molecule has 1 aliphatic rings. The van der Waals surface area contributed by atoms with E-state index in [0.717, 1.165) is 29.7 Å². The number of benzene rings is 1. The van der Waals surface area contributed by atoms with Gasteiger partial charge in [-0.1, -0.05) is 32.4 Å². The largest absolute Gasteiger partial charge is 0.489 e. The molecular formula is C30H50ClN7O5S. The second-order valence-corrected chi connectivity index (χ2v) is 13.5. The number of nitrogens with two attached hydrogens (primary N) is 1. The summed E-state index contributed by atoms with van der Waals surface area (Å²) in [6.07, 6.45) is 6.17. The molecule has 2 aromatic rings. The van der Waals surface area contributed by atoms with Crippen molar-refractivity contribution in [3.05, 3.63) is 46.4 Å². The van der Waals surface area contributed by atoms with Gasteiger partial charge in [0.25, 0.3) is 0 Å². The summed E-state index contributed by atoms with van der Waals surface area (Å²) in [7, 11) is -1.38. The summed E-state index contributed by atoms with van der Waals surface area (Å²) in [6.45, 7) is 15.3. The van der Waals surface area contributed by atoms with Crippen LogP contribution in [0.4, 0.5) is 17.5 Å². The van der Waals surface area contributed by atoms with Crippen molar-refractivity contribution in [3.8, 4) is 5.75 Å². The van der Waals surface area contributed by atoms with Crippen LogP contribution in [0, 0.1) is 12.8 Å². The highest BCUT2D eigenvalue weighted by molar-refractivity contribution is 7.88. The highest BCUT2D eigenvalue weighted by Gasteiger charge is 2.35. The fourth-order valence-electron chi connectivity index (χ4n) is 4.30. The summed E-state index contributed by atoms with van der Waals surface area (Å²) >= 11 is 6.43. The van der Waals surface area contributed by atoms with Crippen LogP contribution >= 0.6 is 11.6 Å². The number of hydrogen-bond acceptors (Lipinski definition) is 11. The average Bonchev–Trinajstić information content (AvgIpc) is 2.91. The normalized spacial score (nSPS) is 14.5. The molecule has 14 heteroatoms. The molecule has 12 nitrogen and oxygen atoms in total. The lowest BCUT2D eigenvalue weighted by atomic mass is 9.89. The van der Waals surface area contributed by atoms with Crippen molar-refractivity contribution in [2.75, 3.05) is 43.6 Å². The number of nitrogens with one attached hydrogen (secondary N) is 3. The molecule has 44 heavy (non-hydrogen) atoms. The maximum absolute atomic E-state index is 11.8. The molecule has 0 aliphatic carbocycles. The summed E-state index contributed by atoms with van der Waals surface area (Å²) in [5.74, 6) is 1.94. The molecule has 6 N–H and O–H groups in total.